The maximum absolute atomic E-state index is 11.8. The quantitative estimate of drug-likeness (QED) is 0.772. The van der Waals surface area contributed by atoms with Crippen molar-refractivity contribution in [2.45, 2.75) is 19.8 Å². The summed E-state index contributed by atoms with van der Waals surface area (Å²) in [6.07, 6.45) is 0. The van der Waals surface area contributed by atoms with Gasteiger partial charge in [0.05, 0.1) is 13.0 Å². The highest BCUT2D eigenvalue weighted by Gasteiger charge is 2.26. The Balaban J connectivity index is 2.45. The van der Waals surface area contributed by atoms with Crippen molar-refractivity contribution in [3.05, 3.63) is 35.2 Å². The number of esters is 1. The Bertz CT molecular complexity index is 495. The van der Waals surface area contributed by atoms with Crippen molar-refractivity contribution >= 4 is 27.4 Å². The Labute approximate surface area is 105 Å². The zero-order valence-electron chi connectivity index (χ0n) is 10.3. The van der Waals surface area contributed by atoms with Crippen LogP contribution in [0.5, 0.6) is 0 Å². The van der Waals surface area contributed by atoms with Crippen LogP contribution in [-0.4, -0.2) is 13.1 Å². The molecule has 90 valence electrons. The minimum atomic E-state index is -0.155. The van der Waals surface area contributed by atoms with E-state index in [2.05, 4.69) is 18.2 Å². The molecule has 0 aliphatic rings. The third-order valence-corrected chi connectivity index (χ3v) is 4.07. The van der Waals surface area contributed by atoms with Crippen LogP contribution in [0.2, 0.25) is 0 Å². The molecule has 2 rings (SSSR count). The highest BCUT2D eigenvalue weighted by Crippen LogP contribution is 2.35. The molecule has 17 heavy (non-hydrogen) atoms. The van der Waals surface area contributed by atoms with Crippen molar-refractivity contribution < 1.29 is 9.53 Å². The van der Waals surface area contributed by atoms with E-state index in [9.17, 15) is 4.79 Å². The first-order valence-electron chi connectivity index (χ1n) is 5.69. The molecule has 0 saturated heterocycles. The van der Waals surface area contributed by atoms with Gasteiger partial charge < -0.3 is 4.74 Å². The number of rotatable bonds is 3. The van der Waals surface area contributed by atoms with Crippen molar-refractivity contribution in [3.8, 4) is 0 Å². The lowest BCUT2D eigenvalue weighted by molar-refractivity contribution is -0.143. The van der Waals surface area contributed by atoms with Gasteiger partial charge in [0, 0.05) is 9.58 Å². The van der Waals surface area contributed by atoms with E-state index < -0.39 is 0 Å². The molecule has 1 aromatic heterocycles. The number of hydrogen-bond donors (Lipinski definition) is 0. The van der Waals surface area contributed by atoms with Gasteiger partial charge in [-0.25, -0.2) is 0 Å². The zero-order valence-corrected chi connectivity index (χ0v) is 11.1. The minimum absolute atomic E-state index is 0.147. The molecule has 0 amide bonds. The van der Waals surface area contributed by atoms with Gasteiger partial charge in [-0.1, -0.05) is 32.0 Å². The largest absolute Gasteiger partial charge is 0.469 e. The number of carbonyl (C=O) groups is 1. The lowest BCUT2D eigenvalue weighted by Gasteiger charge is -2.16. The maximum atomic E-state index is 11.8. The number of ether oxygens (including phenoxy) is 1. The van der Waals surface area contributed by atoms with Crippen LogP contribution in [-0.2, 0) is 9.53 Å². The zero-order chi connectivity index (χ0) is 12.4. The van der Waals surface area contributed by atoms with E-state index in [1.54, 1.807) is 11.3 Å². The first kappa shape index (κ1) is 12.1. The van der Waals surface area contributed by atoms with Crippen LogP contribution in [0.1, 0.15) is 24.6 Å². The summed E-state index contributed by atoms with van der Waals surface area (Å²) >= 11 is 1.68. The first-order chi connectivity index (χ1) is 8.13. The fourth-order valence-electron chi connectivity index (χ4n) is 2.00. The fourth-order valence-corrected chi connectivity index (χ4v) is 3.33. The van der Waals surface area contributed by atoms with Crippen LogP contribution in [0, 0.1) is 5.92 Å². The van der Waals surface area contributed by atoms with Gasteiger partial charge in [0.25, 0.3) is 0 Å². The predicted molar refractivity (Wildman–Crippen MR) is 71.4 cm³/mol. The van der Waals surface area contributed by atoms with Crippen LogP contribution in [0.4, 0.5) is 0 Å². The SMILES string of the molecule is COC(=O)[C@H](c1cc2ccccc2s1)C(C)C. The van der Waals surface area contributed by atoms with E-state index in [1.165, 1.54) is 17.2 Å². The van der Waals surface area contributed by atoms with Crippen molar-refractivity contribution in [3.63, 3.8) is 0 Å². The molecule has 3 heteroatoms. The molecular weight excluding hydrogens is 232 g/mol. The molecule has 2 nitrogen and oxygen atoms in total. The Morgan fingerprint density at radius 3 is 2.59 bits per heavy atom. The fraction of sp³-hybridized carbons (Fsp3) is 0.357. The van der Waals surface area contributed by atoms with Crippen LogP contribution in [0.25, 0.3) is 10.1 Å². The van der Waals surface area contributed by atoms with Gasteiger partial charge in [-0.3, -0.25) is 4.79 Å². The summed E-state index contributed by atoms with van der Waals surface area (Å²) in [5, 5.41) is 1.20. The second-order valence-electron chi connectivity index (χ2n) is 4.43. The number of carbonyl (C=O) groups excluding carboxylic acids is 1. The third-order valence-electron chi connectivity index (χ3n) is 2.87. The Morgan fingerprint density at radius 2 is 2.00 bits per heavy atom. The molecule has 0 bridgehead atoms. The van der Waals surface area contributed by atoms with Crippen molar-refractivity contribution in [1.29, 1.82) is 0 Å². The van der Waals surface area contributed by atoms with Gasteiger partial charge in [0.2, 0.25) is 0 Å². The van der Waals surface area contributed by atoms with Crippen molar-refractivity contribution in [1.82, 2.24) is 0 Å². The number of benzene rings is 1. The van der Waals surface area contributed by atoms with E-state index in [0.717, 1.165) is 4.88 Å². The first-order valence-corrected chi connectivity index (χ1v) is 6.51. The topological polar surface area (TPSA) is 26.3 Å². The third kappa shape index (κ3) is 2.34. The predicted octanol–water partition coefficient (Wildman–Crippen LogP) is 3.81. The Hall–Kier alpha value is -1.35. The molecule has 0 saturated carbocycles. The normalized spacial score (nSPS) is 12.9. The molecule has 0 aliphatic heterocycles. The molecule has 0 spiro atoms. The van der Waals surface area contributed by atoms with Gasteiger partial charge in [0.1, 0.15) is 0 Å². The van der Waals surface area contributed by atoms with Crippen LogP contribution >= 0.6 is 11.3 Å². The van der Waals surface area contributed by atoms with Gasteiger partial charge in [0.15, 0.2) is 0 Å². The van der Waals surface area contributed by atoms with Crippen molar-refractivity contribution in [2.24, 2.45) is 5.92 Å². The minimum Gasteiger partial charge on any atom is -0.469 e. The molecule has 1 heterocycles. The average Bonchev–Trinajstić information content (AvgIpc) is 2.71. The van der Waals surface area contributed by atoms with Gasteiger partial charge in [-0.05, 0) is 23.4 Å². The van der Waals surface area contributed by atoms with Gasteiger partial charge in [-0.2, -0.15) is 0 Å². The molecule has 0 unspecified atom stereocenters. The number of hydrogen-bond acceptors (Lipinski definition) is 3. The summed E-state index contributed by atoms with van der Waals surface area (Å²) < 4.78 is 6.11. The van der Waals surface area contributed by atoms with Crippen molar-refractivity contribution in [2.75, 3.05) is 7.11 Å². The van der Waals surface area contributed by atoms with Gasteiger partial charge >= 0.3 is 5.97 Å². The lowest BCUT2D eigenvalue weighted by Crippen LogP contribution is -2.18. The summed E-state index contributed by atoms with van der Waals surface area (Å²) in [7, 11) is 1.45. The summed E-state index contributed by atoms with van der Waals surface area (Å²) in [6.45, 7) is 4.10. The monoisotopic (exact) mass is 248 g/mol. The highest BCUT2D eigenvalue weighted by molar-refractivity contribution is 7.19. The molecular formula is C14H16O2S. The second kappa shape index (κ2) is 4.88. The van der Waals surface area contributed by atoms with E-state index >= 15 is 0 Å². The smallest absolute Gasteiger partial charge is 0.314 e. The maximum Gasteiger partial charge on any atom is 0.314 e. The van der Waals surface area contributed by atoms with E-state index in [-0.39, 0.29) is 17.8 Å². The molecule has 2 aromatic rings. The highest BCUT2D eigenvalue weighted by atomic mass is 32.1. The Morgan fingerprint density at radius 1 is 1.29 bits per heavy atom. The molecule has 1 atom stereocenters. The summed E-state index contributed by atoms with van der Waals surface area (Å²) in [5.74, 6) is -0.0560. The second-order valence-corrected chi connectivity index (χ2v) is 5.55. The summed E-state index contributed by atoms with van der Waals surface area (Å²) in [6, 6.07) is 10.3. The van der Waals surface area contributed by atoms with E-state index in [0.29, 0.717) is 0 Å². The molecule has 0 fully saturated rings. The number of thiophene rings is 1. The summed E-state index contributed by atoms with van der Waals surface area (Å²) in [5.41, 5.74) is 0. The van der Waals surface area contributed by atoms with E-state index in [4.69, 9.17) is 4.74 Å². The Kier molecular flexibility index (Phi) is 3.48. The number of fused-ring (bicyclic) bond motifs is 1. The average molecular weight is 248 g/mol. The number of methoxy groups -OCH3 is 1. The van der Waals surface area contributed by atoms with Crippen LogP contribution in [0.3, 0.4) is 0 Å². The molecule has 1 aromatic carbocycles. The van der Waals surface area contributed by atoms with Crippen LogP contribution in [0.15, 0.2) is 30.3 Å². The standard InChI is InChI=1S/C14H16O2S/c1-9(2)13(14(15)16-3)12-8-10-6-4-5-7-11(10)17-12/h4-9,13H,1-3H3/t13-/m0/s1. The summed E-state index contributed by atoms with van der Waals surface area (Å²) in [4.78, 5) is 12.9. The molecule has 0 N–H and O–H groups in total. The molecule has 0 aliphatic carbocycles. The lowest BCUT2D eigenvalue weighted by atomic mass is 9.94. The van der Waals surface area contributed by atoms with Gasteiger partial charge in [-0.15, -0.1) is 11.3 Å². The van der Waals surface area contributed by atoms with E-state index in [1.807, 2.05) is 26.0 Å². The van der Waals surface area contributed by atoms with Crippen LogP contribution < -0.4 is 0 Å². The molecule has 0 radical (unpaired) electrons.